The van der Waals surface area contributed by atoms with E-state index in [1.165, 1.54) is 11.3 Å². The van der Waals surface area contributed by atoms with Gasteiger partial charge in [-0.25, -0.2) is 8.42 Å². The summed E-state index contributed by atoms with van der Waals surface area (Å²) in [5.74, 6) is 0.447. The first-order valence-corrected chi connectivity index (χ1v) is 9.73. The van der Waals surface area contributed by atoms with Crippen LogP contribution < -0.4 is 0 Å². The van der Waals surface area contributed by atoms with E-state index in [0.717, 1.165) is 25.8 Å². The summed E-state index contributed by atoms with van der Waals surface area (Å²) in [4.78, 5) is 3.41. The Balaban J connectivity index is 1.78. The normalized spacial score (nSPS) is 28.5. The van der Waals surface area contributed by atoms with Gasteiger partial charge in [-0.05, 0) is 44.8 Å². The minimum Gasteiger partial charge on any atom is -0.391 e. The maximum atomic E-state index is 12.7. The van der Waals surface area contributed by atoms with E-state index in [2.05, 4.69) is 11.9 Å². The van der Waals surface area contributed by atoms with E-state index in [1.807, 2.05) is 0 Å². The van der Waals surface area contributed by atoms with Gasteiger partial charge in [0, 0.05) is 29.4 Å². The Morgan fingerprint density at radius 3 is 2.90 bits per heavy atom. The van der Waals surface area contributed by atoms with Crippen molar-refractivity contribution in [3.8, 4) is 0 Å². The SMILES string of the molecule is CN1CCCC2CN(S(=O)(=O)c3csc(CO)c3)CCC21. The molecule has 2 fully saturated rings. The molecule has 3 rings (SSSR count). The summed E-state index contributed by atoms with van der Waals surface area (Å²) < 4.78 is 27.1. The number of nitrogens with zero attached hydrogens (tertiary/aromatic N) is 2. The summed E-state index contributed by atoms with van der Waals surface area (Å²) in [5.41, 5.74) is 0. The number of sulfonamides is 1. The number of hydrogen-bond donors (Lipinski definition) is 1. The molecule has 0 bridgehead atoms. The average molecular weight is 330 g/mol. The Labute approximate surface area is 130 Å². The van der Waals surface area contributed by atoms with Crippen molar-refractivity contribution in [3.05, 3.63) is 16.3 Å². The van der Waals surface area contributed by atoms with E-state index in [0.29, 0.717) is 34.8 Å². The van der Waals surface area contributed by atoms with E-state index in [9.17, 15) is 8.42 Å². The van der Waals surface area contributed by atoms with Crippen molar-refractivity contribution in [1.82, 2.24) is 9.21 Å². The van der Waals surface area contributed by atoms with Crippen LogP contribution in [0.3, 0.4) is 0 Å². The van der Waals surface area contributed by atoms with Gasteiger partial charge in [0.2, 0.25) is 10.0 Å². The Morgan fingerprint density at radius 1 is 1.38 bits per heavy atom. The second-order valence-corrected chi connectivity index (χ2v) is 8.94. The molecule has 0 amide bonds. The predicted octanol–water partition coefficient (Wildman–Crippen LogP) is 1.35. The molecule has 21 heavy (non-hydrogen) atoms. The minimum absolute atomic E-state index is 0.102. The molecule has 0 aromatic carbocycles. The first-order chi connectivity index (χ1) is 10.0. The van der Waals surface area contributed by atoms with Gasteiger partial charge in [0.15, 0.2) is 0 Å². The molecule has 3 heterocycles. The molecule has 2 atom stereocenters. The second-order valence-electron chi connectivity index (χ2n) is 6.01. The lowest BCUT2D eigenvalue weighted by molar-refractivity contribution is 0.0671. The third-order valence-electron chi connectivity index (χ3n) is 4.73. The number of likely N-dealkylation sites (tertiary alicyclic amines) is 1. The largest absolute Gasteiger partial charge is 0.391 e. The first kappa shape index (κ1) is 15.4. The number of rotatable bonds is 3. The van der Waals surface area contributed by atoms with Gasteiger partial charge in [-0.1, -0.05) is 0 Å². The molecule has 2 unspecified atom stereocenters. The first-order valence-electron chi connectivity index (χ1n) is 7.41. The van der Waals surface area contributed by atoms with Gasteiger partial charge in [0.05, 0.1) is 11.5 Å². The van der Waals surface area contributed by atoms with Gasteiger partial charge in [0.25, 0.3) is 0 Å². The van der Waals surface area contributed by atoms with Crippen molar-refractivity contribution in [2.75, 3.05) is 26.7 Å². The summed E-state index contributed by atoms with van der Waals surface area (Å²) in [6.45, 7) is 2.24. The maximum absolute atomic E-state index is 12.7. The fraction of sp³-hybridized carbons (Fsp3) is 0.714. The van der Waals surface area contributed by atoms with E-state index in [1.54, 1.807) is 15.8 Å². The van der Waals surface area contributed by atoms with Crippen LogP contribution >= 0.6 is 11.3 Å². The zero-order valence-electron chi connectivity index (χ0n) is 12.2. The zero-order valence-corrected chi connectivity index (χ0v) is 13.9. The van der Waals surface area contributed by atoms with E-state index in [4.69, 9.17) is 5.11 Å². The second kappa shape index (κ2) is 5.96. The van der Waals surface area contributed by atoms with Crippen molar-refractivity contribution >= 4 is 21.4 Å². The number of aliphatic hydroxyl groups excluding tert-OH is 1. The smallest absolute Gasteiger partial charge is 0.243 e. The summed E-state index contributed by atoms with van der Waals surface area (Å²) >= 11 is 1.30. The van der Waals surface area contributed by atoms with Crippen LogP contribution in [0.15, 0.2) is 16.3 Å². The molecule has 1 aromatic heterocycles. The summed E-state index contributed by atoms with van der Waals surface area (Å²) in [6.07, 6.45) is 3.18. The third kappa shape index (κ3) is 2.90. The minimum atomic E-state index is -3.41. The molecule has 1 N–H and O–H groups in total. The zero-order chi connectivity index (χ0) is 15.0. The molecule has 0 spiro atoms. The molecular formula is C14H22N2O3S2. The van der Waals surface area contributed by atoms with Crippen LogP contribution in [-0.4, -0.2) is 55.5 Å². The molecule has 118 valence electrons. The van der Waals surface area contributed by atoms with Crippen LogP contribution in [0.25, 0.3) is 0 Å². The Bertz CT molecular complexity index is 599. The van der Waals surface area contributed by atoms with Gasteiger partial charge in [-0.2, -0.15) is 4.31 Å². The maximum Gasteiger partial charge on any atom is 0.243 e. The predicted molar refractivity (Wildman–Crippen MR) is 82.8 cm³/mol. The highest BCUT2D eigenvalue weighted by molar-refractivity contribution is 7.89. The van der Waals surface area contributed by atoms with Crippen molar-refractivity contribution < 1.29 is 13.5 Å². The van der Waals surface area contributed by atoms with Crippen LogP contribution in [0, 0.1) is 5.92 Å². The lowest BCUT2D eigenvalue weighted by Gasteiger charge is -2.45. The van der Waals surface area contributed by atoms with Gasteiger partial charge in [-0.3, -0.25) is 0 Å². The molecule has 0 aliphatic carbocycles. The van der Waals surface area contributed by atoms with Crippen LogP contribution in [0.2, 0.25) is 0 Å². The quantitative estimate of drug-likeness (QED) is 0.909. The number of thiophene rings is 1. The number of fused-ring (bicyclic) bond motifs is 1. The van der Waals surface area contributed by atoms with Crippen LogP contribution in [0.5, 0.6) is 0 Å². The molecule has 2 saturated heterocycles. The number of hydrogen-bond acceptors (Lipinski definition) is 5. The summed E-state index contributed by atoms with van der Waals surface area (Å²) in [7, 11) is -1.26. The standard InChI is InChI=1S/C14H22N2O3S2/c1-15-5-2-3-11-8-16(6-4-14(11)15)21(18,19)13-7-12(9-17)20-10-13/h7,10-11,14,17H,2-6,8-9H2,1H3. The lowest BCUT2D eigenvalue weighted by atomic mass is 9.85. The fourth-order valence-electron chi connectivity index (χ4n) is 3.57. The molecule has 5 nitrogen and oxygen atoms in total. The van der Waals surface area contributed by atoms with Gasteiger partial charge in [-0.15, -0.1) is 11.3 Å². The molecule has 7 heteroatoms. The highest BCUT2D eigenvalue weighted by Crippen LogP contribution is 2.33. The van der Waals surface area contributed by atoms with Gasteiger partial charge >= 0.3 is 0 Å². The Morgan fingerprint density at radius 2 is 2.19 bits per heavy atom. The van der Waals surface area contributed by atoms with Crippen molar-refractivity contribution in [1.29, 1.82) is 0 Å². The topological polar surface area (TPSA) is 60.9 Å². The van der Waals surface area contributed by atoms with E-state index < -0.39 is 10.0 Å². The highest BCUT2D eigenvalue weighted by Gasteiger charge is 2.38. The average Bonchev–Trinajstić information content (AvgIpc) is 2.97. The summed E-state index contributed by atoms with van der Waals surface area (Å²) in [6, 6.07) is 2.12. The van der Waals surface area contributed by atoms with Crippen LogP contribution in [0.4, 0.5) is 0 Å². The Kier molecular flexibility index (Phi) is 4.38. The van der Waals surface area contributed by atoms with Crippen LogP contribution in [-0.2, 0) is 16.6 Å². The molecule has 2 aliphatic heterocycles. The monoisotopic (exact) mass is 330 g/mol. The molecule has 0 saturated carbocycles. The van der Waals surface area contributed by atoms with E-state index >= 15 is 0 Å². The lowest BCUT2D eigenvalue weighted by Crippen LogP contribution is -2.53. The summed E-state index contributed by atoms with van der Waals surface area (Å²) in [5, 5.41) is 10.7. The Hall–Kier alpha value is -0.470. The van der Waals surface area contributed by atoms with E-state index in [-0.39, 0.29) is 6.61 Å². The number of aliphatic hydroxyl groups is 1. The number of piperidine rings is 2. The van der Waals surface area contributed by atoms with Gasteiger partial charge < -0.3 is 10.0 Å². The molecule has 1 aromatic rings. The fourth-order valence-corrected chi connectivity index (χ4v) is 6.20. The van der Waals surface area contributed by atoms with Crippen molar-refractivity contribution in [2.24, 2.45) is 5.92 Å². The molecule has 2 aliphatic rings. The highest BCUT2D eigenvalue weighted by atomic mass is 32.2. The molecular weight excluding hydrogens is 308 g/mol. The van der Waals surface area contributed by atoms with Crippen molar-refractivity contribution in [2.45, 2.75) is 36.8 Å². The van der Waals surface area contributed by atoms with Crippen LogP contribution in [0.1, 0.15) is 24.1 Å². The molecule has 0 radical (unpaired) electrons. The van der Waals surface area contributed by atoms with Gasteiger partial charge in [0.1, 0.15) is 0 Å². The third-order valence-corrected chi connectivity index (χ3v) is 7.65. The van der Waals surface area contributed by atoms with Crippen molar-refractivity contribution in [3.63, 3.8) is 0 Å².